The molecule has 2 N–H and O–H groups in total. The highest BCUT2D eigenvalue weighted by Crippen LogP contribution is 2.24. The number of carbonyl (C=O) groups excluding carboxylic acids is 1. The van der Waals surface area contributed by atoms with Crippen LogP contribution in [0.4, 0.5) is 0 Å². The van der Waals surface area contributed by atoms with Crippen LogP contribution in [0.2, 0.25) is 0 Å². The third kappa shape index (κ3) is 3.03. The molecule has 100 valence electrons. The Morgan fingerprint density at radius 3 is 2.58 bits per heavy atom. The molecular formula is C15H17NO3. The second kappa shape index (κ2) is 5.28. The molecule has 0 saturated heterocycles. The lowest BCUT2D eigenvalue weighted by atomic mass is 10.0. The van der Waals surface area contributed by atoms with Crippen LogP contribution in [0.5, 0.6) is 0 Å². The normalized spacial score (nSPS) is 11.3. The molecule has 0 aliphatic heterocycles. The maximum absolute atomic E-state index is 12.2. The number of furan rings is 1. The lowest BCUT2D eigenvalue weighted by Crippen LogP contribution is -2.46. The highest BCUT2D eigenvalue weighted by Gasteiger charge is 2.24. The van der Waals surface area contributed by atoms with E-state index < -0.39 is 5.54 Å². The van der Waals surface area contributed by atoms with Gasteiger partial charge in [-0.3, -0.25) is 4.79 Å². The largest absolute Gasteiger partial charge is 0.459 e. The zero-order valence-corrected chi connectivity index (χ0v) is 11.0. The fourth-order valence-electron chi connectivity index (χ4n) is 1.73. The molecule has 0 fully saturated rings. The maximum Gasteiger partial charge on any atom is 0.288 e. The van der Waals surface area contributed by atoms with Crippen molar-refractivity contribution < 1.29 is 14.3 Å². The molecule has 0 spiro atoms. The van der Waals surface area contributed by atoms with Gasteiger partial charge in [-0.25, -0.2) is 0 Å². The summed E-state index contributed by atoms with van der Waals surface area (Å²) in [7, 11) is 0. The van der Waals surface area contributed by atoms with Crippen molar-refractivity contribution in [1.82, 2.24) is 5.32 Å². The highest BCUT2D eigenvalue weighted by molar-refractivity contribution is 5.98. The van der Waals surface area contributed by atoms with E-state index in [0.29, 0.717) is 0 Å². The van der Waals surface area contributed by atoms with Crippen molar-refractivity contribution >= 4 is 5.91 Å². The zero-order chi connectivity index (χ0) is 13.9. The SMILES string of the molecule is CC(C)(CO)NC(=O)c1occc1-c1ccccc1. The molecule has 1 aromatic carbocycles. The van der Waals surface area contributed by atoms with Crippen LogP contribution in [0.1, 0.15) is 24.4 Å². The quantitative estimate of drug-likeness (QED) is 0.886. The van der Waals surface area contributed by atoms with Crippen molar-refractivity contribution in [3.8, 4) is 11.1 Å². The van der Waals surface area contributed by atoms with Gasteiger partial charge in [0.05, 0.1) is 18.4 Å². The minimum atomic E-state index is -0.683. The van der Waals surface area contributed by atoms with Gasteiger partial charge >= 0.3 is 0 Å². The Kier molecular flexibility index (Phi) is 3.71. The molecule has 4 heteroatoms. The van der Waals surface area contributed by atoms with Gasteiger partial charge in [0.15, 0.2) is 5.76 Å². The zero-order valence-electron chi connectivity index (χ0n) is 11.0. The van der Waals surface area contributed by atoms with Crippen LogP contribution in [-0.2, 0) is 0 Å². The summed E-state index contributed by atoms with van der Waals surface area (Å²) in [6.07, 6.45) is 1.49. The van der Waals surface area contributed by atoms with Crippen molar-refractivity contribution in [3.63, 3.8) is 0 Å². The molecule has 0 unspecified atom stereocenters. The summed E-state index contributed by atoms with van der Waals surface area (Å²) in [5.41, 5.74) is 0.979. The summed E-state index contributed by atoms with van der Waals surface area (Å²) in [5.74, 6) is -0.0735. The number of aliphatic hydroxyl groups excluding tert-OH is 1. The predicted octanol–water partition coefficient (Wildman–Crippen LogP) is 2.45. The number of aliphatic hydroxyl groups is 1. The molecule has 1 aromatic heterocycles. The summed E-state index contributed by atoms with van der Waals surface area (Å²) in [5, 5.41) is 11.9. The number of rotatable bonds is 4. The van der Waals surface area contributed by atoms with E-state index in [1.54, 1.807) is 19.9 Å². The van der Waals surface area contributed by atoms with Crippen molar-refractivity contribution in [3.05, 3.63) is 48.4 Å². The smallest absolute Gasteiger partial charge is 0.288 e. The first-order valence-corrected chi connectivity index (χ1v) is 6.10. The van der Waals surface area contributed by atoms with Crippen molar-refractivity contribution in [2.45, 2.75) is 19.4 Å². The van der Waals surface area contributed by atoms with Gasteiger partial charge in [-0.05, 0) is 25.5 Å². The number of hydrogen-bond donors (Lipinski definition) is 2. The molecule has 0 saturated carbocycles. The molecule has 1 heterocycles. The van der Waals surface area contributed by atoms with E-state index in [9.17, 15) is 9.90 Å². The number of carbonyl (C=O) groups is 1. The number of benzene rings is 1. The molecule has 0 aliphatic rings. The predicted molar refractivity (Wildman–Crippen MR) is 72.8 cm³/mol. The van der Waals surface area contributed by atoms with Gasteiger partial charge < -0.3 is 14.8 Å². The van der Waals surface area contributed by atoms with Gasteiger partial charge in [-0.15, -0.1) is 0 Å². The van der Waals surface area contributed by atoms with Crippen molar-refractivity contribution in [2.24, 2.45) is 0 Å². The second-order valence-corrected chi connectivity index (χ2v) is 5.03. The summed E-state index contributed by atoms with van der Waals surface area (Å²) < 4.78 is 5.28. The first-order chi connectivity index (χ1) is 9.03. The molecule has 19 heavy (non-hydrogen) atoms. The molecule has 0 bridgehead atoms. The van der Waals surface area contributed by atoms with E-state index in [1.807, 2.05) is 30.3 Å². The summed E-state index contributed by atoms with van der Waals surface area (Å²) in [6.45, 7) is 3.35. The maximum atomic E-state index is 12.2. The van der Waals surface area contributed by atoms with Crippen LogP contribution >= 0.6 is 0 Å². The van der Waals surface area contributed by atoms with E-state index in [0.717, 1.165) is 11.1 Å². The highest BCUT2D eigenvalue weighted by atomic mass is 16.3. The molecule has 2 aromatic rings. The minimum Gasteiger partial charge on any atom is -0.459 e. The average Bonchev–Trinajstić information content (AvgIpc) is 2.88. The first kappa shape index (κ1) is 13.4. The number of hydrogen-bond acceptors (Lipinski definition) is 3. The van der Waals surface area contributed by atoms with E-state index >= 15 is 0 Å². The lowest BCUT2D eigenvalue weighted by molar-refractivity contribution is 0.0842. The molecular weight excluding hydrogens is 242 g/mol. The van der Waals surface area contributed by atoms with Gasteiger partial charge in [-0.1, -0.05) is 30.3 Å². The minimum absolute atomic E-state index is 0.139. The standard InChI is InChI=1S/C15H17NO3/c1-15(2,10-17)16-14(18)13-12(8-9-19-13)11-6-4-3-5-7-11/h3-9,17H,10H2,1-2H3,(H,16,18). The number of amides is 1. The van der Waals surface area contributed by atoms with Crippen molar-refractivity contribution in [2.75, 3.05) is 6.61 Å². The van der Waals surface area contributed by atoms with Crippen LogP contribution in [-0.4, -0.2) is 23.2 Å². The topological polar surface area (TPSA) is 62.5 Å². The molecule has 0 atom stereocenters. The number of nitrogens with one attached hydrogen (secondary N) is 1. The summed E-state index contributed by atoms with van der Waals surface area (Å²) in [4.78, 5) is 12.2. The molecule has 1 amide bonds. The Hall–Kier alpha value is -2.07. The third-order valence-electron chi connectivity index (χ3n) is 2.80. The Bertz CT molecular complexity index is 558. The second-order valence-electron chi connectivity index (χ2n) is 5.03. The van der Waals surface area contributed by atoms with Gasteiger partial charge in [0.2, 0.25) is 0 Å². The van der Waals surface area contributed by atoms with Gasteiger partial charge in [0, 0.05) is 5.56 Å². The summed E-state index contributed by atoms with van der Waals surface area (Å²) >= 11 is 0. The van der Waals surface area contributed by atoms with Crippen LogP contribution in [0.3, 0.4) is 0 Å². The monoisotopic (exact) mass is 259 g/mol. The molecule has 4 nitrogen and oxygen atoms in total. The molecule has 0 radical (unpaired) electrons. The van der Waals surface area contributed by atoms with Crippen LogP contribution in [0.15, 0.2) is 47.1 Å². The third-order valence-corrected chi connectivity index (χ3v) is 2.80. The Morgan fingerprint density at radius 1 is 1.26 bits per heavy atom. The Balaban J connectivity index is 2.28. The first-order valence-electron chi connectivity index (χ1n) is 6.10. The fraction of sp³-hybridized carbons (Fsp3) is 0.267. The summed E-state index contributed by atoms with van der Waals surface area (Å²) in [6, 6.07) is 11.3. The van der Waals surface area contributed by atoms with E-state index in [4.69, 9.17) is 4.42 Å². The fourth-order valence-corrected chi connectivity index (χ4v) is 1.73. The Labute approximate surface area is 112 Å². The van der Waals surface area contributed by atoms with E-state index in [1.165, 1.54) is 6.26 Å². The Morgan fingerprint density at radius 2 is 1.95 bits per heavy atom. The molecule has 2 rings (SSSR count). The van der Waals surface area contributed by atoms with E-state index in [2.05, 4.69) is 5.32 Å². The van der Waals surface area contributed by atoms with Gasteiger partial charge in [0.25, 0.3) is 5.91 Å². The van der Waals surface area contributed by atoms with Crippen LogP contribution < -0.4 is 5.32 Å². The van der Waals surface area contributed by atoms with E-state index in [-0.39, 0.29) is 18.3 Å². The van der Waals surface area contributed by atoms with Crippen LogP contribution in [0.25, 0.3) is 11.1 Å². The lowest BCUT2D eigenvalue weighted by Gasteiger charge is -2.22. The van der Waals surface area contributed by atoms with Gasteiger partial charge in [0.1, 0.15) is 0 Å². The molecule has 0 aliphatic carbocycles. The van der Waals surface area contributed by atoms with Crippen molar-refractivity contribution in [1.29, 1.82) is 0 Å². The van der Waals surface area contributed by atoms with Gasteiger partial charge in [-0.2, -0.15) is 0 Å². The average molecular weight is 259 g/mol. The van der Waals surface area contributed by atoms with Crippen LogP contribution in [0, 0.1) is 0 Å².